The van der Waals surface area contributed by atoms with Gasteiger partial charge in [0.1, 0.15) is 17.2 Å². The summed E-state index contributed by atoms with van der Waals surface area (Å²) in [5.74, 6) is 0.0293. The van der Waals surface area contributed by atoms with E-state index in [1.807, 2.05) is 30.3 Å². The molecule has 0 spiro atoms. The van der Waals surface area contributed by atoms with Gasteiger partial charge >= 0.3 is 5.91 Å². The van der Waals surface area contributed by atoms with Crippen molar-refractivity contribution in [2.75, 3.05) is 0 Å². The van der Waals surface area contributed by atoms with Gasteiger partial charge in [0.2, 0.25) is 0 Å². The van der Waals surface area contributed by atoms with Crippen LogP contribution >= 0.6 is 31.9 Å². The third-order valence-electron chi connectivity index (χ3n) is 3.46. The lowest BCUT2D eigenvalue weighted by Gasteiger charge is -2.01. The van der Waals surface area contributed by atoms with Gasteiger partial charge in [-0.05, 0) is 56.5 Å². The standard InChI is InChI=1S/C18H13Br2N3O3/c1-10-15(12-5-3-2-4-6-12)22-18(26-10)17(25)23-21-9-11-7-13(19)16(24)14(20)8-11/h2-9,24H,1H3,(H,23,25)/b21-9+. The molecule has 0 unspecified atom stereocenters. The lowest BCUT2D eigenvalue weighted by molar-refractivity contribution is 0.0919. The maximum atomic E-state index is 12.2. The van der Waals surface area contributed by atoms with Crippen LogP contribution in [0.4, 0.5) is 0 Å². The molecule has 3 rings (SSSR count). The van der Waals surface area contributed by atoms with Crippen molar-refractivity contribution in [3.63, 3.8) is 0 Å². The van der Waals surface area contributed by atoms with E-state index in [0.717, 1.165) is 5.56 Å². The van der Waals surface area contributed by atoms with Gasteiger partial charge in [-0.1, -0.05) is 30.3 Å². The summed E-state index contributed by atoms with van der Waals surface area (Å²) in [6.45, 7) is 1.75. The number of rotatable bonds is 4. The highest BCUT2D eigenvalue weighted by molar-refractivity contribution is 9.11. The van der Waals surface area contributed by atoms with Gasteiger partial charge in [-0.25, -0.2) is 10.4 Å². The topological polar surface area (TPSA) is 87.7 Å². The molecule has 3 aromatic rings. The monoisotopic (exact) mass is 477 g/mol. The normalized spacial score (nSPS) is 11.0. The molecule has 2 aromatic carbocycles. The molecule has 132 valence electrons. The van der Waals surface area contributed by atoms with Gasteiger partial charge in [-0.3, -0.25) is 4.79 Å². The number of oxazole rings is 1. The molecule has 26 heavy (non-hydrogen) atoms. The summed E-state index contributed by atoms with van der Waals surface area (Å²) >= 11 is 6.47. The molecule has 2 N–H and O–H groups in total. The van der Waals surface area contributed by atoms with Crippen molar-refractivity contribution in [1.82, 2.24) is 10.4 Å². The molecule has 1 amide bonds. The maximum Gasteiger partial charge on any atom is 0.327 e. The quantitative estimate of drug-likeness (QED) is 0.422. The number of aromatic nitrogens is 1. The highest BCUT2D eigenvalue weighted by Crippen LogP contribution is 2.32. The number of benzene rings is 2. The van der Waals surface area contributed by atoms with Crippen LogP contribution in [0.3, 0.4) is 0 Å². The minimum absolute atomic E-state index is 0.0634. The first-order valence-electron chi connectivity index (χ1n) is 7.50. The van der Waals surface area contributed by atoms with Gasteiger partial charge in [0.05, 0.1) is 15.2 Å². The van der Waals surface area contributed by atoms with Crippen LogP contribution in [0.1, 0.15) is 22.0 Å². The number of carbonyl (C=O) groups is 1. The second-order valence-electron chi connectivity index (χ2n) is 5.32. The van der Waals surface area contributed by atoms with Crippen molar-refractivity contribution in [2.45, 2.75) is 6.92 Å². The SMILES string of the molecule is Cc1oc(C(=O)N/N=C/c2cc(Br)c(O)c(Br)c2)nc1-c1ccccc1. The Kier molecular flexibility index (Phi) is 5.53. The van der Waals surface area contributed by atoms with Gasteiger partial charge in [-0.15, -0.1) is 0 Å². The Morgan fingerprint density at radius 1 is 1.23 bits per heavy atom. The van der Waals surface area contributed by atoms with E-state index in [0.29, 0.717) is 26.0 Å². The van der Waals surface area contributed by atoms with Crippen LogP contribution in [0.25, 0.3) is 11.3 Å². The second-order valence-corrected chi connectivity index (χ2v) is 7.03. The van der Waals surface area contributed by atoms with Gasteiger partial charge in [0.15, 0.2) is 0 Å². The number of phenolic OH excluding ortho intramolecular Hbond substituents is 1. The molecule has 0 aliphatic heterocycles. The number of phenols is 1. The highest BCUT2D eigenvalue weighted by Gasteiger charge is 2.17. The van der Waals surface area contributed by atoms with Crippen molar-refractivity contribution in [1.29, 1.82) is 0 Å². The lowest BCUT2D eigenvalue weighted by atomic mass is 10.1. The fourth-order valence-corrected chi connectivity index (χ4v) is 3.45. The summed E-state index contributed by atoms with van der Waals surface area (Å²) in [4.78, 5) is 16.4. The lowest BCUT2D eigenvalue weighted by Crippen LogP contribution is -2.18. The van der Waals surface area contributed by atoms with Gasteiger partial charge < -0.3 is 9.52 Å². The molecule has 1 heterocycles. The van der Waals surface area contributed by atoms with Gasteiger partial charge in [0, 0.05) is 5.56 Å². The fraction of sp³-hybridized carbons (Fsp3) is 0.0556. The number of aromatic hydroxyl groups is 1. The van der Waals surface area contributed by atoms with E-state index in [1.165, 1.54) is 6.21 Å². The number of carbonyl (C=O) groups excluding carboxylic acids is 1. The Balaban J connectivity index is 1.73. The van der Waals surface area contributed by atoms with Crippen molar-refractivity contribution >= 4 is 44.0 Å². The zero-order valence-corrected chi connectivity index (χ0v) is 16.7. The predicted molar refractivity (Wildman–Crippen MR) is 105 cm³/mol. The molecule has 0 fully saturated rings. The third-order valence-corrected chi connectivity index (χ3v) is 4.67. The van der Waals surface area contributed by atoms with Gasteiger partial charge in [-0.2, -0.15) is 5.10 Å². The minimum atomic E-state index is -0.552. The van der Waals surface area contributed by atoms with E-state index in [4.69, 9.17) is 4.42 Å². The highest BCUT2D eigenvalue weighted by atomic mass is 79.9. The smallest absolute Gasteiger partial charge is 0.327 e. The van der Waals surface area contributed by atoms with E-state index in [2.05, 4.69) is 47.4 Å². The first-order chi connectivity index (χ1) is 12.5. The van der Waals surface area contributed by atoms with Crippen LogP contribution in [-0.4, -0.2) is 22.2 Å². The number of hydrogen-bond donors (Lipinski definition) is 2. The number of halogens is 2. The molecule has 0 atom stereocenters. The first kappa shape index (κ1) is 18.3. The van der Waals surface area contributed by atoms with E-state index in [1.54, 1.807) is 19.1 Å². The number of hydrazone groups is 1. The average Bonchev–Trinajstić information content (AvgIpc) is 3.02. The van der Waals surface area contributed by atoms with Crippen LogP contribution in [0.15, 0.2) is 60.9 Å². The number of aryl methyl sites for hydroxylation is 1. The van der Waals surface area contributed by atoms with Crippen LogP contribution in [0.5, 0.6) is 5.75 Å². The Hall–Kier alpha value is -2.45. The van der Waals surface area contributed by atoms with Crippen molar-refractivity contribution in [2.24, 2.45) is 5.10 Å². The van der Waals surface area contributed by atoms with E-state index in [9.17, 15) is 9.90 Å². The summed E-state index contributed by atoms with van der Waals surface area (Å²) in [5.41, 5.74) is 4.54. The minimum Gasteiger partial charge on any atom is -0.506 e. The molecular formula is C18H13Br2N3O3. The number of nitrogens with one attached hydrogen (secondary N) is 1. The summed E-state index contributed by atoms with van der Waals surface area (Å²) < 4.78 is 6.46. The first-order valence-corrected chi connectivity index (χ1v) is 9.08. The van der Waals surface area contributed by atoms with Crippen LogP contribution < -0.4 is 5.43 Å². The zero-order chi connectivity index (χ0) is 18.7. The van der Waals surface area contributed by atoms with Crippen LogP contribution in [-0.2, 0) is 0 Å². The van der Waals surface area contributed by atoms with Crippen LogP contribution in [0.2, 0.25) is 0 Å². The molecule has 0 radical (unpaired) electrons. The molecule has 6 nitrogen and oxygen atoms in total. The van der Waals surface area contributed by atoms with E-state index >= 15 is 0 Å². The molecular weight excluding hydrogens is 466 g/mol. The van der Waals surface area contributed by atoms with Crippen LogP contribution in [0, 0.1) is 6.92 Å². The molecule has 8 heteroatoms. The molecule has 0 aliphatic carbocycles. The Morgan fingerprint density at radius 2 is 1.88 bits per heavy atom. The van der Waals surface area contributed by atoms with E-state index < -0.39 is 5.91 Å². The largest absolute Gasteiger partial charge is 0.506 e. The summed E-state index contributed by atoms with van der Waals surface area (Å²) in [5, 5.41) is 13.6. The van der Waals surface area contributed by atoms with Crippen molar-refractivity contribution in [3.8, 4) is 17.0 Å². The maximum absolute atomic E-state index is 12.2. The van der Waals surface area contributed by atoms with Crippen molar-refractivity contribution in [3.05, 3.63) is 68.6 Å². The average molecular weight is 479 g/mol. The number of nitrogens with zero attached hydrogens (tertiary/aromatic N) is 2. The van der Waals surface area contributed by atoms with Crippen molar-refractivity contribution < 1.29 is 14.3 Å². The summed E-state index contributed by atoms with van der Waals surface area (Å²) in [6, 6.07) is 12.8. The third kappa shape index (κ3) is 4.03. The molecule has 0 saturated heterocycles. The fourth-order valence-electron chi connectivity index (χ4n) is 2.23. The summed E-state index contributed by atoms with van der Waals surface area (Å²) in [7, 11) is 0. The Labute approximate surface area is 166 Å². The second kappa shape index (κ2) is 7.84. The zero-order valence-electron chi connectivity index (χ0n) is 13.5. The Bertz CT molecular complexity index is 962. The predicted octanol–water partition coefficient (Wildman–Crippen LogP) is 4.64. The Morgan fingerprint density at radius 3 is 2.54 bits per heavy atom. The van der Waals surface area contributed by atoms with E-state index in [-0.39, 0.29) is 11.6 Å². The number of hydrogen-bond acceptors (Lipinski definition) is 5. The summed E-state index contributed by atoms with van der Waals surface area (Å²) in [6.07, 6.45) is 1.45. The molecule has 0 saturated carbocycles. The number of amides is 1. The molecule has 0 aliphatic rings. The molecule has 1 aromatic heterocycles. The van der Waals surface area contributed by atoms with Gasteiger partial charge in [0.25, 0.3) is 5.89 Å². The molecule has 0 bridgehead atoms.